The van der Waals surface area contributed by atoms with Gasteiger partial charge in [0.05, 0.1) is 26.4 Å². The van der Waals surface area contributed by atoms with Gasteiger partial charge < -0.3 is 33.8 Å². The minimum atomic E-state index is -4.96. The first-order valence-corrected chi connectivity index (χ1v) is 45.9. The van der Waals surface area contributed by atoms with Crippen LogP contribution in [0.2, 0.25) is 0 Å². The monoisotopic (exact) mass is 1490 g/mol. The Bertz CT molecular complexity index is 1980. The number of hydrogen-bond donors (Lipinski definition) is 3. The molecular weight excluding hydrogens is 1330 g/mol. The Morgan fingerprint density at radius 1 is 0.284 bits per heavy atom. The number of hydrogen-bond acceptors (Lipinski definition) is 15. The molecule has 3 N–H and O–H groups in total. The molecule has 0 fully saturated rings. The zero-order chi connectivity index (χ0) is 75.1. The van der Waals surface area contributed by atoms with Gasteiger partial charge in [0, 0.05) is 25.7 Å². The van der Waals surface area contributed by atoms with E-state index in [1.165, 1.54) is 244 Å². The molecule has 0 saturated carbocycles. The standard InChI is InChI=1S/C83H162O17P2/c1-8-10-11-12-13-14-15-16-24-27-36-43-50-57-64-80(85)93-70-78(99-82(87)66-59-52-45-38-28-25-22-20-18-17-19-21-23-26-35-42-49-56-63-76(7)9-2)72-97-101(89,90)95-68-77(84)69-96-102(91,92)98-73-79(100-83(88)67-60-53-46-39-32-30-34-41-48-55-62-75(5)6)71-94-81(86)65-58-51-44-37-31-29-33-40-47-54-61-74(3)4/h74-79,84H,8-73H2,1-7H3,(H,89,90)(H,91,92)/t76?,77-,78-,79-/m1/s1. The highest BCUT2D eigenvalue weighted by atomic mass is 31.2. The van der Waals surface area contributed by atoms with Crippen molar-refractivity contribution in [3.63, 3.8) is 0 Å². The van der Waals surface area contributed by atoms with Crippen molar-refractivity contribution in [2.75, 3.05) is 39.6 Å². The van der Waals surface area contributed by atoms with E-state index in [0.29, 0.717) is 25.7 Å². The first-order valence-electron chi connectivity index (χ1n) is 42.9. The largest absolute Gasteiger partial charge is 0.472 e. The average molecular weight is 1490 g/mol. The van der Waals surface area contributed by atoms with E-state index in [1.54, 1.807) is 0 Å². The predicted octanol–water partition coefficient (Wildman–Crippen LogP) is 24.9. The summed E-state index contributed by atoms with van der Waals surface area (Å²) < 4.78 is 68.8. The van der Waals surface area contributed by atoms with Crippen LogP contribution in [0, 0.1) is 17.8 Å². The third-order valence-corrected chi connectivity index (χ3v) is 21.6. The molecule has 0 bridgehead atoms. The lowest BCUT2D eigenvalue weighted by atomic mass is 9.99. The Balaban J connectivity index is 5.23. The lowest BCUT2D eigenvalue weighted by Gasteiger charge is -2.21. The van der Waals surface area contributed by atoms with Gasteiger partial charge in [-0.05, 0) is 43.4 Å². The van der Waals surface area contributed by atoms with Gasteiger partial charge in [-0.1, -0.05) is 382 Å². The van der Waals surface area contributed by atoms with E-state index in [2.05, 4.69) is 48.5 Å². The van der Waals surface area contributed by atoms with Crippen LogP contribution in [0.4, 0.5) is 0 Å². The summed E-state index contributed by atoms with van der Waals surface area (Å²) in [4.78, 5) is 73.1. The van der Waals surface area contributed by atoms with Crippen molar-refractivity contribution in [1.82, 2.24) is 0 Å². The Morgan fingerprint density at radius 2 is 0.500 bits per heavy atom. The fraction of sp³-hybridized carbons (Fsp3) is 0.952. The molecule has 0 heterocycles. The summed E-state index contributed by atoms with van der Waals surface area (Å²) in [6, 6.07) is 0. The fourth-order valence-electron chi connectivity index (χ4n) is 12.8. The van der Waals surface area contributed by atoms with Gasteiger partial charge in [0.25, 0.3) is 0 Å². The second-order valence-electron chi connectivity index (χ2n) is 31.1. The SMILES string of the molecule is CCCCCCCCCCCCCCCCC(=O)OC[C@H](COP(=O)(O)OC[C@@H](O)COP(=O)(O)OC[C@@H](COC(=O)CCCCCCCCCCCCC(C)C)OC(=O)CCCCCCCCCCCCC(C)C)OC(=O)CCCCCCCCCCCCCCCCCCCCC(C)CC. The molecule has 17 nitrogen and oxygen atoms in total. The van der Waals surface area contributed by atoms with Crippen LogP contribution in [0.5, 0.6) is 0 Å². The van der Waals surface area contributed by atoms with Crippen molar-refractivity contribution in [1.29, 1.82) is 0 Å². The molecule has 19 heteroatoms. The molecule has 0 aliphatic heterocycles. The first-order chi connectivity index (χ1) is 49.3. The summed E-state index contributed by atoms with van der Waals surface area (Å²) in [6.07, 6.45) is 62.4. The molecule has 0 radical (unpaired) electrons. The summed E-state index contributed by atoms with van der Waals surface area (Å²) in [5, 5.41) is 10.7. The van der Waals surface area contributed by atoms with E-state index < -0.39 is 97.5 Å². The van der Waals surface area contributed by atoms with Crippen molar-refractivity contribution < 1.29 is 80.2 Å². The van der Waals surface area contributed by atoms with Gasteiger partial charge in [0.1, 0.15) is 19.3 Å². The maximum Gasteiger partial charge on any atom is 0.472 e. The van der Waals surface area contributed by atoms with E-state index in [1.807, 2.05) is 0 Å². The minimum absolute atomic E-state index is 0.106. The third kappa shape index (κ3) is 74.9. The van der Waals surface area contributed by atoms with E-state index in [0.717, 1.165) is 108 Å². The number of aliphatic hydroxyl groups is 1. The zero-order valence-corrected chi connectivity index (χ0v) is 68.9. The van der Waals surface area contributed by atoms with E-state index >= 15 is 0 Å². The molecule has 3 unspecified atom stereocenters. The van der Waals surface area contributed by atoms with Crippen LogP contribution in [0.25, 0.3) is 0 Å². The molecule has 0 aliphatic rings. The topological polar surface area (TPSA) is 237 Å². The molecule has 0 spiro atoms. The van der Waals surface area contributed by atoms with Crippen molar-refractivity contribution in [3.05, 3.63) is 0 Å². The van der Waals surface area contributed by atoms with Crippen molar-refractivity contribution in [2.24, 2.45) is 17.8 Å². The quantitative estimate of drug-likeness (QED) is 0.0222. The molecule has 0 aromatic carbocycles. The maximum absolute atomic E-state index is 13.1. The van der Waals surface area contributed by atoms with E-state index in [4.69, 9.17) is 37.0 Å². The summed E-state index contributed by atoms with van der Waals surface area (Å²) in [5.74, 6) is 0.274. The van der Waals surface area contributed by atoms with Gasteiger partial charge in [-0.2, -0.15) is 0 Å². The summed E-state index contributed by atoms with van der Waals surface area (Å²) in [5.41, 5.74) is 0. The number of ether oxygens (including phenoxy) is 4. The average Bonchev–Trinajstić information content (AvgIpc) is 0.929. The van der Waals surface area contributed by atoms with Gasteiger partial charge in [0.15, 0.2) is 12.2 Å². The highest BCUT2D eigenvalue weighted by molar-refractivity contribution is 7.47. The lowest BCUT2D eigenvalue weighted by Crippen LogP contribution is -2.30. The highest BCUT2D eigenvalue weighted by Crippen LogP contribution is 2.45. The molecule has 0 amide bonds. The summed E-state index contributed by atoms with van der Waals surface area (Å²) >= 11 is 0. The smallest absolute Gasteiger partial charge is 0.462 e. The second-order valence-corrected chi connectivity index (χ2v) is 34.0. The first kappa shape index (κ1) is 100. The van der Waals surface area contributed by atoms with Crippen molar-refractivity contribution >= 4 is 39.5 Å². The van der Waals surface area contributed by atoms with E-state index in [9.17, 15) is 43.2 Å². The van der Waals surface area contributed by atoms with Crippen LogP contribution < -0.4 is 0 Å². The zero-order valence-electron chi connectivity index (χ0n) is 67.1. The van der Waals surface area contributed by atoms with Gasteiger partial charge in [-0.3, -0.25) is 37.3 Å². The summed E-state index contributed by atoms with van der Waals surface area (Å²) in [6.45, 7) is 12.0. The number of carbonyl (C=O) groups excluding carboxylic acids is 4. The number of unbranched alkanes of at least 4 members (excludes halogenated alkanes) is 48. The van der Waals surface area contributed by atoms with Crippen molar-refractivity contribution in [3.8, 4) is 0 Å². The molecular formula is C83H162O17P2. The highest BCUT2D eigenvalue weighted by Gasteiger charge is 2.30. The second kappa shape index (κ2) is 73.2. The fourth-order valence-corrected chi connectivity index (χ4v) is 14.4. The van der Waals surface area contributed by atoms with E-state index in [-0.39, 0.29) is 25.7 Å². The van der Waals surface area contributed by atoms with Gasteiger partial charge in [-0.15, -0.1) is 0 Å². The number of esters is 4. The molecule has 0 aromatic rings. The Morgan fingerprint density at radius 3 is 0.745 bits per heavy atom. The molecule has 606 valence electrons. The predicted molar refractivity (Wildman–Crippen MR) is 418 cm³/mol. The van der Waals surface area contributed by atoms with Crippen molar-refractivity contribution in [2.45, 2.75) is 452 Å². The number of phosphoric ester groups is 2. The Kier molecular flexibility index (Phi) is 71.8. The van der Waals surface area contributed by atoms with Crippen LogP contribution in [0.15, 0.2) is 0 Å². The van der Waals surface area contributed by atoms with Gasteiger partial charge >= 0.3 is 39.5 Å². The summed E-state index contributed by atoms with van der Waals surface area (Å²) in [7, 11) is -9.92. The number of carbonyl (C=O) groups is 4. The minimum Gasteiger partial charge on any atom is -0.462 e. The van der Waals surface area contributed by atoms with Crippen LogP contribution in [0.1, 0.15) is 434 Å². The molecule has 0 rings (SSSR count). The van der Waals surface area contributed by atoms with Crippen LogP contribution >= 0.6 is 15.6 Å². The number of phosphoric acid groups is 2. The van der Waals surface area contributed by atoms with Gasteiger partial charge in [-0.25, -0.2) is 9.13 Å². The van der Waals surface area contributed by atoms with Crippen LogP contribution in [0.3, 0.4) is 0 Å². The lowest BCUT2D eigenvalue weighted by molar-refractivity contribution is -0.161. The number of rotatable bonds is 81. The third-order valence-electron chi connectivity index (χ3n) is 19.7. The normalized spacial score (nSPS) is 14.2. The van der Waals surface area contributed by atoms with Crippen LogP contribution in [-0.2, 0) is 65.4 Å². The molecule has 0 saturated heterocycles. The van der Waals surface area contributed by atoms with Gasteiger partial charge in [0.2, 0.25) is 0 Å². The molecule has 0 aromatic heterocycles. The number of aliphatic hydroxyl groups excluding tert-OH is 1. The molecule has 0 aliphatic carbocycles. The Labute approximate surface area is 626 Å². The Hall–Kier alpha value is -1.94. The maximum atomic E-state index is 13.1. The molecule has 102 heavy (non-hydrogen) atoms. The molecule has 6 atom stereocenters. The van der Waals surface area contributed by atoms with Crippen LogP contribution in [-0.4, -0.2) is 96.7 Å².